The molecule has 0 atom stereocenters. The SMILES string of the molecule is O=C(O)Cc1cc(Cl)cc(F)n1. The highest BCUT2D eigenvalue weighted by Gasteiger charge is 2.04. The lowest BCUT2D eigenvalue weighted by Gasteiger charge is -1.96. The van der Waals surface area contributed by atoms with Crippen LogP contribution in [-0.4, -0.2) is 16.1 Å². The normalized spacial score (nSPS) is 9.83. The third kappa shape index (κ3) is 2.47. The summed E-state index contributed by atoms with van der Waals surface area (Å²) in [6, 6.07) is 2.34. The Bertz CT molecular complexity index is 296. The first kappa shape index (κ1) is 8.93. The number of halogens is 2. The first-order chi connectivity index (χ1) is 5.58. The Hall–Kier alpha value is -1.16. The molecular weight excluding hydrogens is 185 g/mol. The van der Waals surface area contributed by atoms with Gasteiger partial charge < -0.3 is 5.11 Å². The second kappa shape index (κ2) is 3.49. The van der Waals surface area contributed by atoms with Crippen molar-refractivity contribution >= 4 is 17.6 Å². The summed E-state index contributed by atoms with van der Waals surface area (Å²) >= 11 is 5.46. The maximum atomic E-state index is 12.5. The zero-order chi connectivity index (χ0) is 9.14. The van der Waals surface area contributed by atoms with E-state index in [9.17, 15) is 9.18 Å². The fourth-order valence-corrected chi connectivity index (χ4v) is 0.978. The summed E-state index contributed by atoms with van der Waals surface area (Å²) in [5.41, 5.74) is 0.118. The monoisotopic (exact) mass is 189 g/mol. The van der Waals surface area contributed by atoms with Crippen LogP contribution in [0.25, 0.3) is 0 Å². The molecule has 0 bridgehead atoms. The molecule has 1 rings (SSSR count). The summed E-state index contributed by atoms with van der Waals surface area (Å²) in [4.78, 5) is 13.5. The molecule has 5 heteroatoms. The van der Waals surface area contributed by atoms with Gasteiger partial charge in [-0.1, -0.05) is 11.6 Å². The third-order valence-corrected chi connectivity index (χ3v) is 1.36. The van der Waals surface area contributed by atoms with Crippen molar-refractivity contribution in [2.75, 3.05) is 0 Å². The number of pyridine rings is 1. The predicted molar refractivity (Wildman–Crippen MR) is 40.5 cm³/mol. The van der Waals surface area contributed by atoms with Crippen LogP contribution in [0.3, 0.4) is 0 Å². The number of aromatic nitrogens is 1. The van der Waals surface area contributed by atoms with Crippen molar-refractivity contribution in [2.45, 2.75) is 6.42 Å². The molecule has 0 aliphatic heterocycles. The minimum absolute atomic E-state index is 0.118. The fourth-order valence-electron chi connectivity index (χ4n) is 0.762. The van der Waals surface area contributed by atoms with Crippen LogP contribution in [0.1, 0.15) is 5.69 Å². The predicted octanol–water partition coefficient (Wildman–Crippen LogP) is 1.50. The van der Waals surface area contributed by atoms with Crippen molar-refractivity contribution in [3.05, 3.63) is 28.8 Å². The molecule has 12 heavy (non-hydrogen) atoms. The van der Waals surface area contributed by atoms with Crippen molar-refractivity contribution in [2.24, 2.45) is 0 Å². The standard InChI is InChI=1S/C7H5ClFNO2/c8-4-1-5(3-7(11)12)10-6(9)2-4/h1-2H,3H2,(H,11,12). The molecule has 0 saturated carbocycles. The number of rotatable bonds is 2. The number of carbonyl (C=O) groups is 1. The lowest BCUT2D eigenvalue weighted by atomic mass is 10.3. The van der Waals surface area contributed by atoms with E-state index in [0.717, 1.165) is 6.07 Å². The Morgan fingerprint density at radius 1 is 1.67 bits per heavy atom. The Labute approximate surface area is 72.8 Å². The molecular formula is C7H5ClFNO2. The van der Waals surface area contributed by atoms with Gasteiger partial charge in [0.1, 0.15) is 0 Å². The van der Waals surface area contributed by atoms with Crippen molar-refractivity contribution in [1.82, 2.24) is 4.98 Å². The highest BCUT2D eigenvalue weighted by Crippen LogP contribution is 2.11. The number of hydrogen-bond donors (Lipinski definition) is 1. The topological polar surface area (TPSA) is 50.2 Å². The maximum absolute atomic E-state index is 12.5. The van der Waals surface area contributed by atoms with Gasteiger partial charge in [-0.15, -0.1) is 0 Å². The molecule has 0 aromatic carbocycles. The van der Waals surface area contributed by atoms with Crippen molar-refractivity contribution in [1.29, 1.82) is 0 Å². The Morgan fingerprint density at radius 3 is 2.83 bits per heavy atom. The van der Waals surface area contributed by atoms with E-state index in [1.807, 2.05) is 0 Å². The van der Waals surface area contributed by atoms with Gasteiger partial charge >= 0.3 is 5.97 Å². The van der Waals surface area contributed by atoms with Crippen molar-refractivity contribution in [3.8, 4) is 0 Å². The molecule has 1 aromatic rings. The van der Waals surface area contributed by atoms with E-state index in [-0.39, 0.29) is 17.1 Å². The summed E-state index contributed by atoms with van der Waals surface area (Å²) in [6.07, 6.45) is -0.322. The van der Waals surface area contributed by atoms with Crippen LogP contribution in [0.2, 0.25) is 5.02 Å². The van der Waals surface area contributed by atoms with Gasteiger partial charge in [-0.3, -0.25) is 4.79 Å². The zero-order valence-corrected chi connectivity index (χ0v) is 6.68. The number of hydrogen-bond acceptors (Lipinski definition) is 2. The van der Waals surface area contributed by atoms with E-state index in [0.29, 0.717) is 0 Å². The number of nitrogens with zero attached hydrogens (tertiary/aromatic N) is 1. The van der Waals surface area contributed by atoms with Gasteiger partial charge in [-0.05, 0) is 6.07 Å². The lowest BCUT2D eigenvalue weighted by Crippen LogP contribution is -2.03. The molecule has 0 aliphatic carbocycles. The molecule has 0 spiro atoms. The van der Waals surface area contributed by atoms with E-state index in [1.165, 1.54) is 6.07 Å². The summed E-state index contributed by atoms with van der Waals surface area (Å²) in [5, 5.41) is 8.49. The second-order valence-corrected chi connectivity index (χ2v) is 2.61. The number of carboxylic acid groups (broad SMARTS) is 1. The van der Waals surface area contributed by atoms with E-state index in [4.69, 9.17) is 16.7 Å². The fraction of sp³-hybridized carbons (Fsp3) is 0.143. The zero-order valence-electron chi connectivity index (χ0n) is 5.92. The van der Waals surface area contributed by atoms with Crippen LogP contribution < -0.4 is 0 Å². The molecule has 0 unspecified atom stereocenters. The molecule has 64 valence electrons. The summed E-state index contributed by atoms with van der Waals surface area (Å²) in [5.74, 6) is -1.83. The van der Waals surface area contributed by atoms with Gasteiger partial charge in [-0.25, -0.2) is 4.98 Å². The van der Waals surface area contributed by atoms with Gasteiger partial charge in [0.25, 0.3) is 0 Å². The quantitative estimate of drug-likeness (QED) is 0.718. The van der Waals surface area contributed by atoms with Gasteiger partial charge in [-0.2, -0.15) is 4.39 Å². The summed E-state index contributed by atoms with van der Waals surface area (Å²) in [7, 11) is 0. The van der Waals surface area contributed by atoms with Crippen molar-refractivity contribution in [3.63, 3.8) is 0 Å². The molecule has 1 heterocycles. The number of aliphatic carboxylic acids is 1. The Morgan fingerprint density at radius 2 is 2.33 bits per heavy atom. The maximum Gasteiger partial charge on any atom is 0.309 e. The lowest BCUT2D eigenvalue weighted by molar-refractivity contribution is -0.136. The summed E-state index contributed by atoms with van der Waals surface area (Å²) in [6.45, 7) is 0. The molecule has 0 radical (unpaired) electrons. The third-order valence-electron chi connectivity index (χ3n) is 1.14. The number of carboxylic acids is 1. The molecule has 1 aromatic heterocycles. The average Bonchev–Trinajstić information content (AvgIpc) is 1.81. The van der Waals surface area contributed by atoms with Gasteiger partial charge in [0.05, 0.1) is 12.1 Å². The van der Waals surface area contributed by atoms with Crippen LogP contribution in [0.5, 0.6) is 0 Å². The highest BCUT2D eigenvalue weighted by atomic mass is 35.5. The highest BCUT2D eigenvalue weighted by molar-refractivity contribution is 6.30. The van der Waals surface area contributed by atoms with Crippen molar-refractivity contribution < 1.29 is 14.3 Å². The van der Waals surface area contributed by atoms with Gasteiger partial charge in [0, 0.05) is 11.1 Å². The minimum Gasteiger partial charge on any atom is -0.481 e. The van der Waals surface area contributed by atoms with Gasteiger partial charge in [0.15, 0.2) is 0 Å². The molecule has 0 amide bonds. The molecule has 3 nitrogen and oxygen atoms in total. The van der Waals surface area contributed by atoms with E-state index >= 15 is 0 Å². The van der Waals surface area contributed by atoms with Crippen LogP contribution in [0, 0.1) is 5.95 Å². The van der Waals surface area contributed by atoms with E-state index in [1.54, 1.807) is 0 Å². The average molecular weight is 190 g/mol. The smallest absolute Gasteiger partial charge is 0.309 e. The van der Waals surface area contributed by atoms with Crippen LogP contribution in [0.15, 0.2) is 12.1 Å². The van der Waals surface area contributed by atoms with Crippen LogP contribution in [-0.2, 0) is 11.2 Å². The summed E-state index contributed by atoms with van der Waals surface area (Å²) < 4.78 is 12.5. The van der Waals surface area contributed by atoms with Gasteiger partial charge in [0.2, 0.25) is 5.95 Å². The first-order valence-electron chi connectivity index (χ1n) is 3.11. The first-order valence-corrected chi connectivity index (χ1v) is 3.49. The second-order valence-electron chi connectivity index (χ2n) is 2.17. The minimum atomic E-state index is -1.07. The van der Waals surface area contributed by atoms with E-state index in [2.05, 4.69) is 4.98 Å². The van der Waals surface area contributed by atoms with Crippen LogP contribution in [0.4, 0.5) is 4.39 Å². The van der Waals surface area contributed by atoms with E-state index < -0.39 is 11.9 Å². The Balaban J connectivity index is 2.93. The largest absolute Gasteiger partial charge is 0.481 e. The molecule has 1 N–H and O–H groups in total. The van der Waals surface area contributed by atoms with Crippen LogP contribution >= 0.6 is 11.6 Å². The molecule has 0 fully saturated rings. The molecule has 0 saturated heterocycles. The Kier molecular flexibility index (Phi) is 2.60. The molecule has 0 aliphatic rings.